The average molecular weight is 368 g/mol. The molecule has 1 aromatic heterocycles. The first-order valence-corrected chi connectivity index (χ1v) is 9.20. The van der Waals surface area contributed by atoms with E-state index in [4.69, 9.17) is 11.6 Å². The van der Waals surface area contributed by atoms with E-state index >= 15 is 0 Å². The molecule has 0 spiro atoms. The number of nitrogens with zero attached hydrogens (tertiary/aromatic N) is 1. The van der Waals surface area contributed by atoms with Crippen LogP contribution in [0.25, 0.3) is 0 Å². The minimum Gasteiger partial charge on any atom is -0.350 e. The molecule has 128 valence electrons. The number of halogens is 1. The zero-order chi connectivity index (χ0) is 17.6. The number of benzene rings is 1. The maximum Gasteiger partial charge on any atom is 0.242 e. The van der Waals surface area contributed by atoms with E-state index in [-0.39, 0.29) is 34.8 Å². The van der Waals surface area contributed by atoms with Gasteiger partial charge in [0.2, 0.25) is 15.9 Å². The number of nitrogens with one attached hydrogen (secondary N) is 2. The highest BCUT2D eigenvalue weighted by molar-refractivity contribution is 7.89. The Balaban J connectivity index is 1.85. The van der Waals surface area contributed by atoms with Gasteiger partial charge in [-0.3, -0.25) is 9.78 Å². The van der Waals surface area contributed by atoms with Gasteiger partial charge in [-0.1, -0.05) is 23.7 Å². The molecule has 24 heavy (non-hydrogen) atoms. The number of carbonyl (C=O) groups is 1. The lowest BCUT2D eigenvalue weighted by atomic mass is 10.1. The molecular weight excluding hydrogens is 350 g/mol. The number of amides is 1. The van der Waals surface area contributed by atoms with Crippen molar-refractivity contribution >= 4 is 27.5 Å². The van der Waals surface area contributed by atoms with E-state index in [9.17, 15) is 13.2 Å². The first-order chi connectivity index (χ1) is 11.4. The Bertz CT molecular complexity index is 797. The Hall–Kier alpha value is -1.96. The summed E-state index contributed by atoms with van der Waals surface area (Å²) in [6.07, 6.45) is 3.32. The van der Waals surface area contributed by atoms with Crippen molar-refractivity contribution in [1.29, 1.82) is 0 Å². The lowest BCUT2D eigenvalue weighted by molar-refractivity contribution is -0.121. The molecule has 0 aliphatic heterocycles. The molecule has 1 unspecified atom stereocenters. The Labute approximate surface area is 146 Å². The molecule has 0 saturated carbocycles. The summed E-state index contributed by atoms with van der Waals surface area (Å²) in [5, 5.41) is 2.95. The summed E-state index contributed by atoms with van der Waals surface area (Å²) in [6.45, 7) is 1.84. The van der Waals surface area contributed by atoms with Crippen LogP contribution in [0.4, 0.5) is 0 Å². The van der Waals surface area contributed by atoms with Crippen LogP contribution in [0.5, 0.6) is 0 Å². The Kier molecular flexibility index (Phi) is 6.30. The van der Waals surface area contributed by atoms with E-state index in [2.05, 4.69) is 15.0 Å². The third-order valence-corrected chi connectivity index (χ3v) is 5.31. The SMILES string of the molecule is CC(NC(=O)CCNS(=O)(=O)c1ccccc1Cl)c1ccncc1. The fourth-order valence-corrected chi connectivity index (χ4v) is 3.64. The predicted octanol–water partition coefficient (Wildman–Crippen LogP) is 2.28. The molecule has 1 aromatic carbocycles. The van der Waals surface area contributed by atoms with Crippen LogP contribution in [0.1, 0.15) is 24.9 Å². The normalized spacial score (nSPS) is 12.6. The van der Waals surface area contributed by atoms with Crippen molar-refractivity contribution in [1.82, 2.24) is 15.0 Å². The summed E-state index contributed by atoms with van der Waals surface area (Å²) in [7, 11) is -3.74. The summed E-state index contributed by atoms with van der Waals surface area (Å²) < 4.78 is 26.7. The van der Waals surface area contributed by atoms with E-state index in [0.717, 1.165) is 5.56 Å². The molecule has 1 heterocycles. The third kappa shape index (κ3) is 5.02. The quantitative estimate of drug-likeness (QED) is 0.785. The molecule has 0 aliphatic rings. The van der Waals surface area contributed by atoms with Gasteiger partial charge in [0, 0.05) is 25.4 Å². The van der Waals surface area contributed by atoms with Gasteiger partial charge in [0.15, 0.2) is 0 Å². The Morgan fingerprint density at radius 1 is 1.21 bits per heavy atom. The van der Waals surface area contributed by atoms with Gasteiger partial charge in [0.05, 0.1) is 11.1 Å². The van der Waals surface area contributed by atoms with Gasteiger partial charge in [0.1, 0.15) is 4.90 Å². The summed E-state index contributed by atoms with van der Waals surface area (Å²) in [5.74, 6) is -0.249. The number of carbonyl (C=O) groups excluding carboxylic acids is 1. The summed E-state index contributed by atoms with van der Waals surface area (Å²) in [6, 6.07) is 9.59. The molecule has 8 heteroatoms. The summed E-state index contributed by atoms with van der Waals surface area (Å²) in [4.78, 5) is 15.8. The molecular formula is C16H18ClN3O3S. The van der Waals surface area contributed by atoms with Crippen LogP contribution in [0.2, 0.25) is 5.02 Å². The van der Waals surface area contributed by atoms with Crippen molar-refractivity contribution in [2.45, 2.75) is 24.3 Å². The zero-order valence-corrected chi connectivity index (χ0v) is 14.6. The highest BCUT2D eigenvalue weighted by Crippen LogP contribution is 2.20. The highest BCUT2D eigenvalue weighted by Gasteiger charge is 2.17. The molecule has 0 bridgehead atoms. The molecule has 1 amide bonds. The second-order valence-electron chi connectivity index (χ2n) is 5.15. The average Bonchev–Trinajstić information content (AvgIpc) is 2.55. The van der Waals surface area contributed by atoms with Crippen molar-refractivity contribution in [3.05, 3.63) is 59.4 Å². The van der Waals surface area contributed by atoms with Crippen molar-refractivity contribution in [3.63, 3.8) is 0 Å². The van der Waals surface area contributed by atoms with Crippen LogP contribution >= 0.6 is 11.6 Å². The van der Waals surface area contributed by atoms with Gasteiger partial charge in [-0.05, 0) is 36.8 Å². The van der Waals surface area contributed by atoms with Crippen LogP contribution in [-0.4, -0.2) is 25.9 Å². The van der Waals surface area contributed by atoms with Crippen molar-refractivity contribution < 1.29 is 13.2 Å². The van der Waals surface area contributed by atoms with Gasteiger partial charge in [-0.2, -0.15) is 0 Å². The fraction of sp³-hybridized carbons (Fsp3) is 0.250. The van der Waals surface area contributed by atoms with Crippen molar-refractivity contribution in [2.75, 3.05) is 6.54 Å². The first kappa shape index (κ1) is 18.4. The summed E-state index contributed by atoms with van der Waals surface area (Å²) >= 11 is 5.88. The van der Waals surface area contributed by atoms with Gasteiger partial charge in [0.25, 0.3) is 0 Å². The van der Waals surface area contributed by atoms with E-state index in [0.29, 0.717) is 0 Å². The third-order valence-electron chi connectivity index (χ3n) is 3.35. The number of aromatic nitrogens is 1. The zero-order valence-electron chi connectivity index (χ0n) is 13.1. The standard InChI is InChI=1S/C16H18ClN3O3S/c1-12(13-6-9-18-10-7-13)20-16(21)8-11-19-24(22,23)15-5-3-2-4-14(15)17/h2-7,9-10,12,19H,8,11H2,1H3,(H,20,21). The van der Waals surface area contributed by atoms with Gasteiger partial charge in [-0.25, -0.2) is 13.1 Å². The van der Waals surface area contributed by atoms with E-state index in [1.165, 1.54) is 12.1 Å². The molecule has 6 nitrogen and oxygen atoms in total. The molecule has 0 radical (unpaired) electrons. The molecule has 0 fully saturated rings. The molecule has 2 N–H and O–H groups in total. The molecule has 0 saturated heterocycles. The van der Waals surface area contributed by atoms with Gasteiger partial charge >= 0.3 is 0 Å². The second-order valence-corrected chi connectivity index (χ2v) is 7.29. The minimum absolute atomic E-state index is 0.00257. The maximum atomic E-state index is 12.1. The molecule has 1 atom stereocenters. The Morgan fingerprint density at radius 2 is 1.88 bits per heavy atom. The summed E-state index contributed by atoms with van der Waals surface area (Å²) in [5.41, 5.74) is 0.926. The number of rotatable bonds is 7. The van der Waals surface area contributed by atoms with Crippen molar-refractivity contribution in [2.24, 2.45) is 0 Å². The van der Waals surface area contributed by atoms with Crippen LogP contribution in [0.15, 0.2) is 53.7 Å². The predicted molar refractivity (Wildman–Crippen MR) is 92.1 cm³/mol. The van der Waals surface area contributed by atoms with E-state index in [1.54, 1.807) is 24.5 Å². The lowest BCUT2D eigenvalue weighted by Gasteiger charge is -2.14. The number of hydrogen-bond acceptors (Lipinski definition) is 4. The van der Waals surface area contributed by atoms with E-state index in [1.807, 2.05) is 19.1 Å². The van der Waals surface area contributed by atoms with Crippen LogP contribution < -0.4 is 10.0 Å². The topological polar surface area (TPSA) is 88.2 Å². The Morgan fingerprint density at radius 3 is 2.54 bits per heavy atom. The number of pyridine rings is 1. The second kappa shape index (κ2) is 8.23. The van der Waals surface area contributed by atoms with Crippen molar-refractivity contribution in [3.8, 4) is 0 Å². The lowest BCUT2D eigenvalue weighted by Crippen LogP contribution is -2.32. The minimum atomic E-state index is -3.74. The smallest absolute Gasteiger partial charge is 0.242 e. The number of sulfonamides is 1. The molecule has 2 rings (SSSR count). The fourth-order valence-electron chi connectivity index (χ4n) is 2.09. The monoisotopic (exact) mass is 367 g/mol. The molecule has 2 aromatic rings. The maximum absolute atomic E-state index is 12.1. The van der Waals surface area contributed by atoms with Gasteiger partial charge in [-0.15, -0.1) is 0 Å². The first-order valence-electron chi connectivity index (χ1n) is 7.33. The molecule has 0 aliphatic carbocycles. The van der Waals surface area contributed by atoms with Crippen LogP contribution in [0.3, 0.4) is 0 Å². The number of hydrogen-bond donors (Lipinski definition) is 2. The highest BCUT2D eigenvalue weighted by atomic mass is 35.5. The van der Waals surface area contributed by atoms with Gasteiger partial charge < -0.3 is 5.32 Å². The van der Waals surface area contributed by atoms with E-state index < -0.39 is 10.0 Å². The largest absolute Gasteiger partial charge is 0.350 e. The van der Waals surface area contributed by atoms with Crippen LogP contribution in [-0.2, 0) is 14.8 Å². The van der Waals surface area contributed by atoms with Crippen LogP contribution in [0, 0.1) is 0 Å².